The molecule has 0 radical (unpaired) electrons. The summed E-state index contributed by atoms with van der Waals surface area (Å²) in [7, 11) is 0. The maximum Gasteiger partial charge on any atom is 0.248 e. The topological polar surface area (TPSA) is 63.4 Å². The second kappa shape index (κ2) is 5.45. The Balaban J connectivity index is 2.13. The Morgan fingerprint density at radius 2 is 1.64 bits per heavy atom. The van der Waals surface area contributed by atoms with Crippen LogP contribution >= 0.6 is 0 Å². The highest BCUT2D eigenvalue weighted by atomic mass is 16.2. The van der Waals surface area contributed by atoms with Crippen molar-refractivity contribution < 1.29 is 9.59 Å². The van der Waals surface area contributed by atoms with E-state index < -0.39 is 11.3 Å². The first kappa shape index (κ1) is 17.2. The number of hydrogen-bond acceptors (Lipinski definition) is 2. The van der Waals surface area contributed by atoms with Crippen molar-refractivity contribution in [3.8, 4) is 0 Å². The highest BCUT2D eigenvalue weighted by Gasteiger charge is 2.44. The molecule has 0 aliphatic carbocycles. The van der Waals surface area contributed by atoms with E-state index in [4.69, 9.17) is 5.73 Å². The number of benzene rings is 2. The van der Waals surface area contributed by atoms with Crippen LogP contribution in [0.4, 0.5) is 11.4 Å². The molecule has 1 heterocycles. The molecule has 0 fully saturated rings. The third-order valence-electron chi connectivity index (χ3n) is 4.93. The minimum atomic E-state index is -0.645. The maximum absolute atomic E-state index is 13.1. The van der Waals surface area contributed by atoms with E-state index in [1.807, 2.05) is 44.2 Å². The molecule has 2 aromatic carbocycles. The van der Waals surface area contributed by atoms with Crippen molar-refractivity contribution in [2.75, 3.05) is 4.90 Å². The first-order valence-electron chi connectivity index (χ1n) is 8.43. The number of carbonyl (C=O) groups excluding carboxylic acids is 2. The summed E-state index contributed by atoms with van der Waals surface area (Å²) in [6, 6.07) is 13.2. The Hall–Kier alpha value is -2.62. The van der Waals surface area contributed by atoms with E-state index in [-0.39, 0.29) is 11.3 Å². The zero-order chi connectivity index (χ0) is 18.6. The van der Waals surface area contributed by atoms with Gasteiger partial charge in [0.1, 0.15) is 0 Å². The number of rotatable bonds is 2. The molecule has 0 spiro atoms. The van der Waals surface area contributed by atoms with Crippen LogP contribution in [0.25, 0.3) is 0 Å². The summed E-state index contributed by atoms with van der Waals surface area (Å²) in [5, 5.41) is 0. The molecular weight excluding hydrogens is 312 g/mol. The highest BCUT2D eigenvalue weighted by molar-refractivity contribution is 6.13. The third-order valence-corrected chi connectivity index (χ3v) is 4.93. The van der Waals surface area contributed by atoms with Gasteiger partial charge in [0, 0.05) is 11.3 Å². The van der Waals surface area contributed by atoms with Crippen molar-refractivity contribution in [2.45, 2.75) is 45.4 Å². The Labute approximate surface area is 148 Å². The lowest BCUT2D eigenvalue weighted by Gasteiger charge is -2.23. The molecule has 2 amide bonds. The molecule has 4 heteroatoms. The number of primary amides is 1. The van der Waals surface area contributed by atoms with Crippen molar-refractivity contribution in [2.24, 2.45) is 5.73 Å². The van der Waals surface area contributed by atoms with Crippen molar-refractivity contribution >= 4 is 23.2 Å². The summed E-state index contributed by atoms with van der Waals surface area (Å²) in [6.45, 7) is 10.3. The fourth-order valence-corrected chi connectivity index (χ4v) is 3.27. The fourth-order valence-electron chi connectivity index (χ4n) is 3.27. The molecule has 0 bridgehead atoms. The summed E-state index contributed by atoms with van der Waals surface area (Å²) in [5.41, 5.74) is 8.86. The molecule has 0 unspecified atom stereocenters. The molecule has 3 rings (SSSR count). The number of nitrogens with two attached hydrogens (primary N) is 1. The van der Waals surface area contributed by atoms with Crippen LogP contribution in [-0.2, 0) is 15.6 Å². The second-order valence-corrected chi connectivity index (χ2v) is 8.16. The molecule has 1 aliphatic rings. The lowest BCUT2D eigenvalue weighted by Crippen LogP contribution is -2.33. The molecular formula is C21H24N2O2. The van der Waals surface area contributed by atoms with E-state index >= 15 is 0 Å². The molecule has 0 atom stereocenters. The van der Waals surface area contributed by atoms with Gasteiger partial charge in [-0.3, -0.25) is 14.5 Å². The Morgan fingerprint density at radius 1 is 1.04 bits per heavy atom. The van der Waals surface area contributed by atoms with Gasteiger partial charge in [-0.1, -0.05) is 39.0 Å². The minimum Gasteiger partial charge on any atom is -0.366 e. The Bertz CT molecular complexity index is 858. The van der Waals surface area contributed by atoms with Gasteiger partial charge < -0.3 is 5.73 Å². The van der Waals surface area contributed by atoms with Crippen molar-refractivity contribution in [3.63, 3.8) is 0 Å². The van der Waals surface area contributed by atoms with E-state index in [0.717, 1.165) is 16.9 Å². The smallest absolute Gasteiger partial charge is 0.248 e. The summed E-state index contributed by atoms with van der Waals surface area (Å²) < 4.78 is 0. The maximum atomic E-state index is 13.1. The van der Waals surface area contributed by atoms with Gasteiger partial charge in [-0.2, -0.15) is 0 Å². The van der Waals surface area contributed by atoms with Gasteiger partial charge in [-0.25, -0.2) is 0 Å². The summed E-state index contributed by atoms with van der Waals surface area (Å²) in [6.07, 6.45) is 0. The number of anilines is 2. The number of nitrogens with zero attached hydrogens (tertiary/aromatic N) is 1. The van der Waals surface area contributed by atoms with Gasteiger partial charge in [0.15, 0.2) is 0 Å². The van der Waals surface area contributed by atoms with Gasteiger partial charge >= 0.3 is 0 Å². The zero-order valence-corrected chi connectivity index (χ0v) is 15.4. The standard InChI is InChI=1S/C21H24N2O2/c1-20(2,3)14-7-9-15(10-8-14)23-17-12-13(18(22)24)6-11-16(17)21(4,5)19(23)25/h6-12H,1-5H3,(H2,22,24). The number of carbonyl (C=O) groups is 2. The summed E-state index contributed by atoms with van der Waals surface area (Å²) in [4.78, 5) is 26.3. The monoisotopic (exact) mass is 336 g/mol. The van der Waals surface area contributed by atoms with Crippen LogP contribution in [0.15, 0.2) is 42.5 Å². The lowest BCUT2D eigenvalue weighted by atomic mass is 9.86. The fraction of sp³-hybridized carbons (Fsp3) is 0.333. The Morgan fingerprint density at radius 3 is 2.16 bits per heavy atom. The normalized spacial score (nSPS) is 16.0. The molecule has 0 saturated carbocycles. The van der Waals surface area contributed by atoms with Crippen molar-refractivity contribution in [1.29, 1.82) is 0 Å². The molecule has 2 aromatic rings. The highest BCUT2D eigenvalue weighted by Crippen LogP contribution is 2.45. The first-order valence-corrected chi connectivity index (χ1v) is 8.43. The van der Waals surface area contributed by atoms with Gasteiger partial charge in [0.05, 0.1) is 11.1 Å². The van der Waals surface area contributed by atoms with Crippen LogP contribution in [0, 0.1) is 0 Å². The number of hydrogen-bond donors (Lipinski definition) is 1. The van der Waals surface area contributed by atoms with E-state index in [1.54, 1.807) is 17.0 Å². The minimum absolute atomic E-state index is 0.00682. The van der Waals surface area contributed by atoms with E-state index in [2.05, 4.69) is 20.8 Å². The number of amides is 2. The summed E-state index contributed by atoms with van der Waals surface area (Å²) >= 11 is 0. The molecule has 25 heavy (non-hydrogen) atoms. The predicted molar refractivity (Wildman–Crippen MR) is 100 cm³/mol. The van der Waals surface area contributed by atoms with E-state index in [1.165, 1.54) is 5.56 Å². The van der Waals surface area contributed by atoms with E-state index in [0.29, 0.717) is 5.56 Å². The van der Waals surface area contributed by atoms with Crippen LogP contribution in [0.2, 0.25) is 0 Å². The van der Waals surface area contributed by atoms with Crippen LogP contribution in [0.5, 0.6) is 0 Å². The van der Waals surface area contributed by atoms with Crippen LogP contribution < -0.4 is 10.6 Å². The zero-order valence-electron chi connectivity index (χ0n) is 15.4. The first-order chi connectivity index (χ1) is 11.5. The molecule has 0 aromatic heterocycles. The second-order valence-electron chi connectivity index (χ2n) is 8.16. The van der Waals surface area contributed by atoms with Crippen LogP contribution in [-0.4, -0.2) is 11.8 Å². The average molecular weight is 336 g/mol. The summed E-state index contributed by atoms with van der Waals surface area (Å²) in [5.74, 6) is -0.504. The van der Waals surface area contributed by atoms with E-state index in [9.17, 15) is 9.59 Å². The molecule has 130 valence electrons. The van der Waals surface area contributed by atoms with Gasteiger partial charge in [0.25, 0.3) is 0 Å². The lowest BCUT2D eigenvalue weighted by molar-refractivity contribution is -0.121. The molecule has 0 saturated heterocycles. The van der Waals surface area contributed by atoms with Crippen molar-refractivity contribution in [3.05, 3.63) is 59.2 Å². The van der Waals surface area contributed by atoms with Gasteiger partial charge in [0.2, 0.25) is 11.8 Å². The average Bonchev–Trinajstić information content (AvgIpc) is 2.73. The third kappa shape index (κ3) is 2.72. The molecule has 4 nitrogen and oxygen atoms in total. The quantitative estimate of drug-likeness (QED) is 0.899. The Kier molecular flexibility index (Phi) is 3.75. The number of fused-ring (bicyclic) bond motifs is 1. The van der Waals surface area contributed by atoms with Crippen LogP contribution in [0.3, 0.4) is 0 Å². The molecule has 1 aliphatic heterocycles. The van der Waals surface area contributed by atoms with Gasteiger partial charge in [-0.05, 0) is 54.7 Å². The largest absolute Gasteiger partial charge is 0.366 e. The van der Waals surface area contributed by atoms with Crippen LogP contribution in [0.1, 0.15) is 56.1 Å². The predicted octanol–water partition coefficient (Wildman–Crippen LogP) is 4.04. The molecule has 2 N–H and O–H groups in total. The SMILES string of the molecule is CC(C)(C)c1ccc(N2C(=O)C(C)(C)c3ccc(C(N)=O)cc32)cc1. The van der Waals surface area contributed by atoms with Crippen molar-refractivity contribution in [1.82, 2.24) is 0 Å². The van der Waals surface area contributed by atoms with Gasteiger partial charge in [-0.15, -0.1) is 0 Å².